The van der Waals surface area contributed by atoms with Gasteiger partial charge in [0.25, 0.3) is 0 Å². The van der Waals surface area contributed by atoms with Crippen LogP contribution in [0, 0.1) is 11.8 Å². The number of nitrogens with two attached hydrogens (primary N) is 3. The molecule has 0 aromatic rings. The first-order valence-corrected chi connectivity index (χ1v) is 17.7. The molecule has 0 aliphatic carbocycles. The maximum Gasteiger partial charge on any atom is 0.326 e. The van der Waals surface area contributed by atoms with E-state index in [0.717, 1.165) is 0 Å². The van der Waals surface area contributed by atoms with E-state index in [1.165, 1.54) is 11.8 Å². The molecule has 16 nitrogen and oxygen atoms in total. The van der Waals surface area contributed by atoms with Gasteiger partial charge < -0.3 is 53.6 Å². The third-order valence-electron chi connectivity index (χ3n) is 8.92. The minimum absolute atomic E-state index is 0.0282. The summed E-state index contributed by atoms with van der Waals surface area (Å²) in [6.07, 6.45) is 3.09. The van der Waals surface area contributed by atoms with Gasteiger partial charge in [-0.25, -0.2) is 4.79 Å². The number of nitrogens with zero attached hydrogens (tertiary/aromatic N) is 1. The fourth-order valence-corrected chi connectivity index (χ4v) is 5.67. The van der Waals surface area contributed by atoms with E-state index in [-0.39, 0.29) is 37.6 Å². The molecule has 0 aromatic carbocycles. The van der Waals surface area contributed by atoms with E-state index in [2.05, 4.69) is 21.3 Å². The summed E-state index contributed by atoms with van der Waals surface area (Å²) in [4.78, 5) is 80.3. The number of carboxylic acid groups (broad SMARTS) is 1. The number of rotatable bonds is 23. The highest BCUT2D eigenvalue weighted by atomic mass is 16.4. The lowest BCUT2D eigenvalue weighted by molar-refractivity contribution is -0.143. The highest BCUT2D eigenvalue weighted by molar-refractivity contribution is 5.96. The molecule has 16 heteroatoms. The predicted molar refractivity (Wildman–Crippen MR) is 184 cm³/mol. The summed E-state index contributed by atoms with van der Waals surface area (Å²) in [5, 5.41) is 30.3. The number of hydrogen-bond acceptors (Lipinski definition) is 10. The lowest BCUT2D eigenvalue weighted by Gasteiger charge is -2.31. The molecule has 0 bridgehead atoms. The van der Waals surface area contributed by atoms with Crippen molar-refractivity contribution in [2.24, 2.45) is 29.0 Å². The summed E-state index contributed by atoms with van der Waals surface area (Å²) in [6.45, 7) is 9.82. The Kier molecular flexibility index (Phi) is 20.0. The van der Waals surface area contributed by atoms with Gasteiger partial charge in [0.1, 0.15) is 36.3 Å². The number of aliphatic carboxylic acids is 1. The normalized spacial score (nSPS) is 18.8. The molecule has 1 fully saturated rings. The van der Waals surface area contributed by atoms with Crippen molar-refractivity contribution in [3.63, 3.8) is 0 Å². The standard InChI is InChI=1S/C33H62N8O8/c1-6-20(4)27(31(46)37-22(12-7-9-15-34)28(43)38-23(33(48)49)13-8-10-16-35)40-29(44)24(18-19(2)3)39-30(45)25-14-11-17-41(25)32(47)26(36)21(5)42/h19-27,42H,6-18,34-36H2,1-5H3,(H,37,46)(H,38,43)(H,39,45)(H,40,44)(H,48,49)/t20-,21+,22-,23-,24-,25-,26-,27-/m0/s1. The molecule has 282 valence electrons. The lowest BCUT2D eigenvalue weighted by Crippen LogP contribution is -2.60. The minimum atomic E-state index is -1.20. The Balaban J connectivity index is 3.18. The summed E-state index contributed by atoms with van der Waals surface area (Å²) >= 11 is 0. The smallest absolute Gasteiger partial charge is 0.326 e. The van der Waals surface area contributed by atoms with Gasteiger partial charge in [0, 0.05) is 6.54 Å². The number of aliphatic hydroxyl groups is 1. The largest absolute Gasteiger partial charge is 0.480 e. The molecular formula is C33H62N8O8. The summed E-state index contributed by atoms with van der Waals surface area (Å²) in [5.74, 6) is -4.58. The Morgan fingerprint density at radius 2 is 1.35 bits per heavy atom. The first-order valence-electron chi connectivity index (χ1n) is 17.7. The van der Waals surface area contributed by atoms with E-state index in [4.69, 9.17) is 17.2 Å². The molecular weight excluding hydrogens is 636 g/mol. The molecule has 5 amide bonds. The van der Waals surface area contributed by atoms with Crippen LogP contribution in [0.4, 0.5) is 0 Å². The average Bonchev–Trinajstić information content (AvgIpc) is 3.54. The number of aliphatic hydroxyl groups excluding tert-OH is 1. The molecule has 49 heavy (non-hydrogen) atoms. The van der Waals surface area contributed by atoms with E-state index >= 15 is 0 Å². The Morgan fingerprint density at radius 3 is 1.86 bits per heavy atom. The van der Waals surface area contributed by atoms with Crippen molar-refractivity contribution in [1.29, 1.82) is 0 Å². The van der Waals surface area contributed by atoms with Crippen molar-refractivity contribution >= 4 is 35.5 Å². The second kappa shape index (κ2) is 22.4. The van der Waals surface area contributed by atoms with Crippen molar-refractivity contribution in [2.75, 3.05) is 19.6 Å². The van der Waals surface area contributed by atoms with Crippen molar-refractivity contribution in [3.05, 3.63) is 0 Å². The molecule has 1 heterocycles. The zero-order chi connectivity index (χ0) is 37.3. The summed E-state index contributed by atoms with van der Waals surface area (Å²) < 4.78 is 0. The van der Waals surface area contributed by atoms with Crippen LogP contribution in [0.15, 0.2) is 0 Å². The van der Waals surface area contributed by atoms with Gasteiger partial charge in [0.2, 0.25) is 29.5 Å². The maximum atomic E-state index is 13.7. The van der Waals surface area contributed by atoms with Crippen molar-refractivity contribution in [1.82, 2.24) is 26.2 Å². The van der Waals surface area contributed by atoms with Crippen LogP contribution in [0.1, 0.15) is 98.8 Å². The minimum Gasteiger partial charge on any atom is -0.480 e. The van der Waals surface area contributed by atoms with Crippen molar-refractivity contribution in [2.45, 2.75) is 141 Å². The molecule has 8 atom stereocenters. The van der Waals surface area contributed by atoms with Crippen LogP contribution < -0.4 is 38.5 Å². The molecule has 0 radical (unpaired) electrons. The molecule has 1 aliphatic heterocycles. The van der Waals surface area contributed by atoms with Crippen LogP contribution in [0.2, 0.25) is 0 Å². The van der Waals surface area contributed by atoms with Crippen LogP contribution in [0.5, 0.6) is 0 Å². The second-order valence-corrected chi connectivity index (χ2v) is 13.5. The Bertz CT molecular complexity index is 1090. The number of amides is 5. The summed E-state index contributed by atoms with van der Waals surface area (Å²) in [7, 11) is 0. The fourth-order valence-electron chi connectivity index (χ4n) is 5.67. The van der Waals surface area contributed by atoms with E-state index in [9.17, 15) is 39.0 Å². The lowest BCUT2D eigenvalue weighted by atomic mass is 9.96. The van der Waals surface area contributed by atoms with Crippen LogP contribution in [0.25, 0.3) is 0 Å². The second-order valence-electron chi connectivity index (χ2n) is 13.5. The van der Waals surface area contributed by atoms with Gasteiger partial charge in [0.15, 0.2) is 0 Å². The average molecular weight is 699 g/mol. The monoisotopic (exact) mass is 698 g/mol. The van der Waals surface area contributed by atoms with Crippen LogP contribution >= 0.6 is 0 Å². The van der Waals surface area contributed by atoms with E-state index in [0.29, 0.717) is 58.0 Å². The number of likely N-dealkylation sites (tertiary alicyclic amines) is 1. The third kappa shape index (κ3) is 14.6. The van der Waals surface area contributed by atoms with E-state index in [1.807, 2.05) is 20.8 Å². The van der Waals surface area contributed by atoms with Gasteiger partial charge >= 0.3 is 5.97 Å². The van der Waals surface area contributed by atoms with Gasteiger partial charge in [-0.2, -0.15) is 0 Å². The number of carbonyl (C=O) groups is 6. The Hall–Kier alpha value is -3.34. The van der Waals surface area contributed by atoms with Gasteiger partial charge in [-0.1, -0.05) is 34.1 Å². The highest BCUT2D eigenvalue weighted by Gasteiger charge is 2.39. The summed E-state index contributed by atoms with van der Waals surface area (Å²) in [5.41, 5.74) is 17.0. The summed E-state index contributed by atoms with van der Waals surface area (Å²) in [6, 6.07) is -6.42. The number of carboxylic acids is 1. The van der Waals surface area contributed by atoms with Gasteiger partial charge in [-0.15, -0.1) is 0 Å². The zero-order valence-corrected chi connectivity index (χ0v) is 29.9. The van der Waals surface area contributed by atoms with Crippen molar-refractivity contribution in [3.8, 4) is 0 Å². The number of nitrogens with one attached hydrogen (secondary N) is 4. The quantitative estimate of drug-likeness (QED) is 0.0588. The van der Waals surface area contributed by atoms with Crippen LogP contribution in [-0.4, -0.2) is 113 Å². The van der Waals surface area contributed by atoms with Crippen LogP contribution in [-0.2, 0) is 28.8 Å². The van der Waals surface area contributed by atoms with Gasteiger partial charge in [0.05, 0.1) is 6.10 Å². The molecule has 1 saturated heterocycles. The molecule has 0 saturated carbocycles. The first kappa shape index (κ1) is 43.7. The first-order chi connectivity index (χ1) is 23.1. The predicted octanol–water partition coefficient (Wildman–Crippen LogP) is -0.940. The highest BCUT2D eigenvalue weighted by Crippen LogP contribution is 2.20. The van der Waals surface area contributed by atoms with Gasteiger partial charge in [-0.3, -0.25) is 24.0 Å². The maximum absolute atomic E-state index is 13.7. The van der Waals surface area contributed by atoms with Gasteiger partial charge in [-0.05, 0) is 89.6 Å². The topological polar surface area (TPSA) is 272 Å². The SMILES string of the molecule is CC[C@H](C)[C@H](NC(=O)[C@H](CC(C)C)NC(=O)[C@@H]1CCCN1C(=O)[C@@H](N)[C@@H](C)O)C(=O)N[C@@H](CCCCN)C(=O)N[C@@H](CCCCN)C(=O)O. The molecule has 0 aromatic heterocycles. The number of unbranched alkanes of at least 4 members (excludes halogenated alkanes) is 2. The van der Waals surface area contributed by atoms with E-state index < -0.39 is 77.9 Å². The molecule has 1 rings (SSSR count). The van der Waals surface area contributed by atoms with E-state index in [1.54, 1.807) is 6.92 Å². The Labute approximate surface area is 290 Å². The Morgan fingerprint density at radius 1 is 0.796 bits per heavy atom. The fraction of sp³-hybridized carbons (Fsp3) is 0.818. The van der Waals surface area contributed by atoms with Crippen molar-refractivity contribution < 1.29 is 39.0 Å². The zero-order valence-electron chi connectivity index (χ0n) is 29.9. The number of hydrogen-bond donors (Lipinski definition) is 9. The third-order valence-corrected chi connectivity index (χ3v) is 8.92. The van der Waals surface area contributed by atoms with Crippen LogP contribution in [0.3, 0.4) is 0 Å². The molecule has 0 spiro atoms. The molecule has 0 unspecified atom stereocenters. The molecule has 12 N–H and O–H groups in total. The molecule has 1 aliphatic rings. The number of carbonyl (C=O) groups excluding carboxylic acids is 5.